The zero-order valence-electron chi connectivity index (χ0n) is 7.66. The molecule has 0 aliphatic rings. The van der Waals surface area contributed by atoms with Crippen LogP contribution in [0.4, 0.5) is 0 Å². The topological polar surface area (TPSA) is 40.9 Å². The molecule has 0 amide bonds. The average Bonchev–Trinajstić information content (AvgIpc) is 2.18. The number of nitriles is 1. The Morgan fingerprint density at radius 1 is 1.23 bits per heavy atom. The van der Waals surface area contributed by atoms with Crippen molar-refractivity contribution >= 4 is 6.29 Å². The summed E-state index contributed by atoms with van der Waals surface area (Å²) in [5, 5.41) is 8.56. The molecule has 0 atom stereocenters. The molecule has 65 valence electrons. The maximum absolute atomic E-state index is 10.6. The molecule has 1 rings (SSSR count). The highest BCUT2D eigenvalue weighted by atomic mass is 16.1. The molecule has 2 nitrogen and oxygen atoms in total. The Labute approximate surface area is 77.8 Å². The molecule has 0 aliphatic carbocycles. The van der Waals surface area contributed by atoms with Crippen LogP contribution in [0.3, 0.4) is 0 Å². The van der Waals surface area contributed by atoms with Gasteiger partial charge in [-0.05, 0) is 31.5 Å². The molecule has 0 N–H and O–H groups in total. The smallest absolute Gasteiger partial charge is 0.209 e. The van der Waals surface area contributed by atoms with Gasteiger partial charge in [-0.3, -0.25) is 4.79 Å². The SMILES string of the molecule is CC(C)([C]=O)c1ccc(C#N)cc1. The summed E-state index contributed by atoms with van der Waals surface area (Å²) in [5.74, 6) is 0. The zero-order chi connectivity index (χ0) is 9.90. The summed E-state index contributed by atoms with van der Waals surface area (Å²) in [5.41, 5.74) is 0.889. The molecular weight excluding hydrogens is 162 g/mol. The van der Waals surface area contributed by atoms with Crippen molar-refractivity contribution in [3.05, 3.63) is 35.4 Å². The van der Waals surface area contributed by atoms with Crippen molar-refractivity contribution in [2.45, 2.75) is 19.3 Å². The Morgan fingerprint density at radius 3 is 2.15 bits per heavy atom. The van der Waals surface area contributed by atoms with Crippen LogP contribution >= 0.6 is 0 Å². The van der Waals surface area contributed by atoms with E-state index in [0.717, 1.165) is 5.56 Å². The molecular formula is C11H10NO. The van der Waals surface area contributed by atoms with Crippen LogP contribution in [0.1, 0.15) is 25.0 Å². The third kappa shape index (κ3) is 1.94. The zero-order valence-corrected chi connectivity index (χ0v) is 7.66. The van der Waals surface area contributed by atoms with E-state index in [0.29, 0.717) is 5.56 Å². The maximum atomic E-state index is 10.6. The Balaban J connectivity index is 3.07. The largest absolute Gasteiger partial charge is 0.290 e. The lowest BCUT2D eigenvalue weighted by Crippen LogP contribution is -2.18. The molecule has 0 aliphatic heterocycles. The molecule has 1 radical (unpaired) electrons. The second-order valence-electron chi connectivity index (χ2n) is 3.42. The number of hydrogen-bond acceptors (Lipinski definition) is 2. The van der Waals surface area contributed by atoms with Gasteiger partial charge in [-0.25, -0.2) is 0 Å². The minimum Gasteiger partial charge on any atom is -0.290 e. The van der Waals surface area contributed by atoms with Crippen molar-refractivity contribution in [3.8, 4) is 6.07 Å². The number of carbonyl (C=O) groups excluding carboxylic acids is 1. The average molecular weight is 172 g/mol. The van der Waals surface area contributed by atoms with E-state index in [1.54, 1.807) is 38.1 Å². The third-order valence-electron chi connectivity index (χ3n) is 1.99. The summed E-state index contributed by atoms with van der Waals surface area (Å²) in [6.07, 6.45) is 1.96. The van der Waals surface area contributed by atoms with Crippen LogP contribution in [0.15, 0.2) is 24.3 Å². The van der Waals surface area contributed by atoms with Gasteiger partial charge in [0.1, 0.15) is 0 Å². The van der Waals surface area contributed by atoms with E-state index in [2.05, 4.69) is 0 Å². The second-order valence-corrected chi connectivity index (χ2v) is 3.42. The molecule has 0 bridgehead atoms. The van der Waals surface area contributed by atoms with Crippen molar-refractivity contribution in [2.75, 3.05) is 0 Å². The summed E-state index contributed by atoms with van der Waals surface area (Å²) < 4.78 is 0. The lowest BCUT2D eigenvalue weighted by Gasteiger charge is -2.15. The molecule has 0 heterocycles. The molecule has 2 heteroatoms. The Hall–Kier alpha value is -1.62. The summed E-state index contributed by atoms with van der Waals surface area (Å²) in [4.78, 5) is 10.6. The van der Waals surface area contributed by atoms with E-state index in [1.807, 2.05) is 12.4 Å². The van der Waals surface area contributed by atoms with Gasteiger partial charge in [-0.1, -0.05) is 12.1 Å². The molecule has 0 spiro atoms. The number of benzene rings is 1. The fourth-order valence-corrected chi connectivity index (χ4v) is 1.02. The van der Waals surface area contributed by atoms with Crippen LogP contribution in [-0.4, -0.2) is 6.29 Å². The van der Waals surface area contributed by atoms with Gasteiger partial charge in [0.25, 0.3) is 0 Å². The van der Waals surface area contributed by atoms with Gasteiger partial charge < -0.3 is 0 Å². The van der Waals surface area contributed by atoms with Crippen LogP contribution in [0, 0.1) is 11.3 Å². The highest BCUT2D eigenvalue weighted by molar-refractivity contribution is 5.67. The Morgan fingerprint density at radius 2 is 1.77 bits per heavy atom. The second kappa shape index (κ2) is 3.40. The van der Waals surface area contributed by atoms with E-state index < -0.39 is 5.41 Å². The first-order valence-electron chi connectivity index (χ1n) is 4.00. The standard InChI is InChI=1S/C11H10NO/c1-11(2,8-13)10-5-3-9(7-12)4-6-10/h3-6H,1-2H3. The summed E-state index contributed by atoms with van der Waals surface area (Å²) in [6.45, 7) is 3.59. The van der Waals surface area contributed by atoms with Crippen LogP contribution in [0.5, 0.6) is 0 Å². The molecule has 0 aromatic heterocycles. The minimum absolute atomic E-state index is 0.589. The Bertz CT molecular complexity index is 343. The monoisotopic (exact) mass is 172 g/mol. The fraction of sp³-hybridized carbons (Fsp3) is 0.273. The van der Waals surface area contributed by atoms with E-state index in [4.69, 9.17) is 5.26 Å². The number of hydrogen-bond donors (Lipinski definition) is 0. The lowest BCUT2D eigenvalue weighted by molar-refractivity contribution is 0.517. The molecule has 1 aromatic carbocycles. The number of nitrogens with zero attached hydrogens (tertiary/aromatic N) is 1. The summed E-state index contributed by atoms with van der Waals surface area (Å²) >= 11 is 0. The van der Waals surface area contributed by atoms with Gasteiger partial charge in [0.2, 0.25) is 6.29 Å². The van der Waals surface area contributed by atoms with Crippen molar-refractivity contribution in [1.29, 1.82) is 5.26 Å². The van der Waals surface area contributed by atoms with Gasteiger partial charge >= 0.3 is 0 Å². The van der Waals surface area contributed by atoms with E-state index >= 15 is 0 Å². The molecule has 0 saturated carbocycles. The van der Waals surface area contributed by atoms with Gasteiger partial charge in [-0.15, -0.1) is 0 Å². The van der Waals surface area contributed by atoms with E-state index in [-0.39, 0.29) is 0 Å². The van der Waals surface area contributed by atoms with Crippen molar-refractivity contribution in [2.24, 2.45) is 0 Å². The fourth-order valence-electron chi connectivity index (χ4n) is 1.02. The van der Waals surface area contributed by atoms with Crippen LogP contribution in [-0.2, 0) is 10.2 Å². The van der Waals surface area contributed by atoms with Gasteiger partial charge in [0.05, 0.1) is 17.0 Å². The van der Waals surface area contributed by atoms with E-state index in [9.17, 15) is 4.79 Å². The first-order valence-corrected chi connectivity index (χ1v) is 4.00. The van der Waals surface area contributed by atoms with Crippen molar-refractivity contribution in [1.82, 2.24) is 0 Å². The quantitative estimate of drug-likeness (QED) is 0.684. The van der Waals surface area contributed by atoms with Gasteiger partial charge in [0.15, 0.2) is 0 Å². The summed E-state index contributed by atoms with van der Waals surface area (Å²) in [6, 6.07) is 8.99. The molecule has 13 heavy (non-hydrogen) atoms. The first-order chi connectivity index (χ1) is 6.10. The number of rotatable bonds is 2. The predicted molar refractivity (Wildman–Crippen MR) is 49.9 cm³/mol. The minimum atomic E-state index is -0.589. The van der Waals surface area contributed by atoms with Crippen LogP contribution < -0.4 is 0 Å². The molecule has 1 aromatic rings. The molecule has 0 saturated heterocycles. The van der Waals surface area contributed by atoms with Crippen molar-refractivity contribution < 1.29 is 4.79 Å². The summed E-state index contributed by atoms with van der Waals surface area (Å²) in [7, 11) is 0. The third-order valence-corrected chi connectivity index (χ3v) is 1.99. The van der Waals surface area contributed by atoms with Crippen LogP contribution in [0.25, 0.3) is 0 Å². The normalized spacial score (nSPS) is 10.5. The lowest BCUT2D eigenvalue weighted by atomic mass is 9.86. The van der Waals surface area contributed by atoms with Crippen molar-refractivity contribution in [3.63, 3.8) is 0 Å². The van der Waals surface area contributed by atoms with E-state index in [1.165, 1.54) is 0 Å². The highest BCUT2D eigenvalue weighted by Gasteiger charge is 2.20. The predicted octanol–water partition coefficient (Wildman–Crippen LogP) is 1.95. The van der Waals surface area contributed by atoms with Crippen LogP contribution in [0.2, 0.25) is 0 Å². The highest BCUT2D eigenvalue weighted by Crippen LogP contribution is 2.20. The maximum Gasteiger partial charge on any atom is 0.209 e. The molecule has 0 fully saturated rings. The van der Waals surface area contributed by atoms with Gasteiger partial charge in [-0.2, -0.15) is 5.26 Å². The van der Waals surface area contributed by atoms with Gasteiger partial charge in [0, 0.05) is 0 Å². The Kier molecular flexibility index (Phi) is 2.48. The molecule has 0 unspecified atom stereocenters. The first kappa shape index (κ1) is 9.47.